The SMILES string of the molecule is CN(C)Cc1ccc(-c2c(-c3cccc(OC(F)(F)F)c3)cn3c2C(=O)NC[C@@H]3CCCNC(=O)O)cc1.O=C(O)C(F)(F)F. The monoisotopic (exact) mass is 644 g/mol. The van der Waals surface area contributed by atoms with Crippen molar-refractivity contribution in [2.75, 3.05) is 27.2 Å². The van der Waals surface area contributed by atoms with Crippen LogP contribution in [0.1, 0.15) is 34.9 Å². The summed E-state index contributed by atoms with van der Waals surface area (Å²) in [7, 11) is 3.92. The number of fused-ring (bicyclic) bond motifs is 1. The molecule has 45 heavy (non-hydrogen) atoms. The molecule has 10 nitrogen and oxygen atoms in total. The number of aliphatic carboxylic acids is 1. The normalized spacial score (nSPS) is 14.6. The van der Waals surface area contributed by atoms with Crippen molar-refractivity contribution in [3.05, 3.63) is 66.0 Å². The minimum Gasteiger partial charge on any atom is -0.475 e. The van der Waals surface area contributed by atoms with E-state index in [0.717, 1.165) is 17.7 Å². The number of hydrogen-bond donors (Lipinski definition) is 4. The third-order valence-electron chi connectivity index (χ3n) is 6.49. The molecule has 4 rings (SSSR count). The van der Waals surface area contributed by atoms with Crippen LogP contribution in [0.5, 0.6) is 5.75 Å². The lowest BCUT2D eigenvalue weighted by Crippen LogP contribution is -2.39. The van der Waals surface area contributed by atoms with Gasteiger partial charge in [-0.25, -0.2) is 9.59 Å². The highest BCUT2D eigenvalue weighted by molar-refractivity contribution is 6.05. The van der Waals surface area contributed by atoms with Gasteiger partial charge >= 0.3 is 24.6 Å². The van der Waals surface area contributed by atoms with Crippen molar-refractivity contribution >= 4 is 18.0 Å². The zero-order valence-corrected chi connectivity index (χ0v) is 24.0. The highest BCUT2D eigenvalue weighted by atomic mass is 19.4. The lowest BCUT2D eigenvalue weighted by molar-refractivity contribution is -0.274. The van der Waals surface area contributed by atoms with Crippen LogP contribution in [0, 0.1) is 0 Å². The summed E-state index contributed by atoms with van der Waals surface area (Å²) >= 11 is 0. The average molecular weight is 645 g/mol. The van der Waals surface area contributed by atoms with Crippen LogP contribution in [-0.2, 0) is 11.3 Å². The molecule has 3 aromatic rings. The van der Waals surface area contributed by atoms with Gasteiger partial charge in [-0.1, -0.05) is 36.4 Å². The topological polar surface area (TPSA) is 133 Å². The van der Waals surface area contributed by atoms with E-state index in [1.807, 2.05) is 47.8 Å². The summed E-state index contributed by atoms with van der Waals surface area (Å²) in [4.78, 5) is 34.9. The van der Waals surface area contributed by atoms with Crippen LogP contribution in [-0.4, -0.2) is 77.4 Å². The molecule has 0 saturated heterocycles. The van der Waals surface area contributed by atoms with E-state index in [4.69, 9.17) is 15.0 Å². The third kappa shape index (κ3) is 9.89. The van der Waals surface area contributed by atoms with E-state index in [1.54, 1.807) is 12.3 Å². The minimum atomic E-state index is -5.08. The van der Waals surface area contributed by atoms with Gasteiger partial charge in [0.2, 0.25) is 0 Å². The second-order valence-electron chi connectivity index (χ2n) is 10.2. The summed E-state index contributed by atoms with van der Waals surface area (Å²) in [6.45, 7) is 1.34. The molecule has 0 fully saturated rings. The zero-order valence-electron chi connectivity index (χ0n) is 24.0. The number of nitrogens with one attached hydrogen (secondary N) is 2. The number of nitrogens with zero attached hydrogens (tertiary/aromatic N) is 2. The second kappa shape index (κ2) is 14.4. The van der Waals surface area contributed by atoms with Crippen LogP contribution in [0.2, 0.25) is 0 Å². The predicted octanol–water partition coefficient (Wildman–Crippen LogP) is 5.75. The van der Waals surface area contributed by atoms with Crippen LogP contribution in [0.4, 0.5) is 31.1 Å². The molecule has 0 saturated carbocycles. The van der Waals surface area contributed by atoms with E-state index < -0.39 is 24.6 Å². The molecule has 16 heteroatoms. The fourth-order valence-corrected chi connectivity index (χ4v) is 4.72. The van der Waals surface area contributed by atoms with E-state index in [2.05, 4.69) is 15.4 Å². The van der Waals surface area contributed by atoms with Gasteiger partial charge in [-0.2, -0.15) is 13.2 Å². The van der Waals surface area contributed by atoms with Gasteiger partial charge in [-0.05, 0) is 55.8 Å². The molecule has 1 aromatic heterocycles. The Morgan fingerprint density at radius 1 is 1.04 bits per heavy atom. The molecule has 1 atom stereocenters. The Morgan fingerprint density at radius 3 is 2.24 bits per heavy atom. The molecule has 2 aromatic carbocycles. The van der Waals surface area contributed by atoms with Gasteiger partial charge in [0, 0.05) is 37.0 Å². The first-order valence-corrected chi connectivity index (χ1v) is 13.4. The van der Waals surface area contributed by atoms with E-state index >= 15 is 0 Å². The van der Waals surface area contributed by atoms with E-state index in [1.165, 1.54) is 18.2 Å². The largest absolute Gasteiger partial charge is 0.573 e. The highest BCUT2D eigenvalue weighted by Gasteiger charge is 2.38. The fraction of sp³-hybridized carbons (Fsp3) is 0.345. The van der Waals surface area contributed by atoms with E-state index in [9.17, 15) is 35.9 Å². The average Bonchev–Trinajstić information content (AvgIpc) is 3.33. The van der Waals surface area contributed by atoms with Crippen molar-refractivity contribution in [1.29, 1.82) is 0 Å². The lowest BCUT2D eigenvalue weighted by atomic mass is 9.95. The second-order valence-corrected chi connectivity index (χ2v) is 10.2. The van der Waals surface area contributed by atoms with Crippen LogP contribution < -0.4 is 15.4 Å². The third-order valence-corrected chi connectivity index (χ3v) is 6.49. The first kappa shape index (κ1) is 34.8. The highest BCUT2D eigenvalue weighted by Crippen LogP contribution is 2.41. The Balaban J connectivity index is 0.000000707. The summed E-state index contributed by atoms with van der Waals surface area (Å²) < 4.78 is 76.5. The molecule has 1 aliphatic heterocycles. The van der Waals surface area contributed by atoms with Gasteiger partial charge in [-0.3, -0.25) is 4.79 Å². The Morgan fingerprint density at radius 2 is 1.69 bits per heavy atom. The standard InChI is InChI=1S/C27H29F3N4O4.C2HF3O2/c1-33(2)15-17-8-10-18(11-9-17)23-22(19-5-3-7-21(13-19)38-27(28,29)30)16-34-20(6-4-12-31-26(36)37)14-32-25(35)24(23)34;3-2(4,5)1(6)7/h3,5,7-11,13,16,20,31H,4,6,12,14-15H2,1-2H3,(H,32,35)(H,36,37);(H,6,7)/t20-;/m0./s1. The maximum absolute atomic E-state index is 13.2. The fourth-order valence-electron chi connectivity index (χ4n) is 4.72. The number of ether oxygens (including phenoxy) is 1. The molecule has 244 valence electrons. The number of carbonyl (C=O) groups excluding carboxylic acids is 1. The number of carbonyl (C=O) groups is 3. The molecule has 2 amide bonds. The molecule has 0 spiro atoms. The Hall–Kier alpha value is -4.73. The van der Waals surface area contributed by atoms with Crippen molar-refractivity contribution in [1.82, 2.24) is 20.1 Å². The molecule has 1 aliphatic rings. The zero-order chi connectivity index (χ0) is 33.5. The van der Waals surface area contributed by atoms with Crippen molar-refractivity contribution in [2.24, 2.45) is 0 Å². The number of aromatic nitrogens is 1. The molecular weight excluding hydrogens is 614 g/mol. The number of benzene rings is 2. The Bertz CT molecular complexity index is 1500. The van der Waals surface area contributed by atoms with Gasteiger partial charge in [0.15, 0.2) is 0 Å². The molecule has 2 heterocycles. The van der Waals surface area contributed by atoms with Crippen LogP contribution in [0.15, 0.2) is 54.7 Å². The first-order valence-electron chi connectivity index (χ1n) is 13.4. The van der Waals surface area contributed by atoms with Gasteiger partial charge < -0.3 is 35.1 Å². The molecule has 0 radical (unpaired) electrons. The molecule has 4 N–H and O–H groups in total. The number of carboxylic acid groups (broad SMARTS) is 2. The van der Waals surface area contributed by atoms with Gasteiger partial charge in [-0.15, -0.1) is 13.2 Å². The summed E-state index contributed by atoms with van der Waals surface area (Å²) in [6, 6.07) is 13.3. The summed E-state index contributed by atoms with van der Waals surface area (Å²) in [5.41, 5.74) is 3.91. The summed E-state index contributed by atoms with van der Waals surface area (Å²) in [5.74, 6) is -3.40. The van der Waals surface area contributed by atoms with Crippen LogP contribution in [0.25, 0.3) is 22.3 Å². The minimum absolute atomic E-state index is 0.159. The number of rotatable bonds is 9. The van der Waals surface area contributed by atoms with Crippen molar-refractivity contribution in [3.63, 3.8) is 0 Å². The smallest absolute Gasteiger partial charge is 0.475 e. The quantitative estimate of drug-likeness (QED) is 0.172. The van der Waals surface area contributed by atoms with Gasteiger partial charge in [0.1, 0.15) is 11.4 Å². The molecule has 0 unspecified atom stereocenters. The van der Waals surface area contributed by atoms with Crippen LogP contribution in [0.3, 0.4) is 0 Å². The molecular formula is C29H30F6N4O6. The first-order chi connectivity index (χ1) is 21.0. The van der Waals surface area contributed by atoms with Gasteiger partial charge in [0.25, 0.3) is 5.91 Å². The number of amides is 2. The summed E-state index contributed by atoms with van der Waals surface area (Å²) in [6.07, 6.45) is -8.10. The number of hydrogen-bond acceptors (Lipinski definition) is 5. The van der Waals surface area contributed by atoms with Crippen LogP contribution >= 0.6 is 0 Å². The number of halogens is 6. The van der Waals surface area contributed by atoms with Gasteiger partial charge in [0.05, 0.1) is 6.04 Å². The van der Waals surface area contributed by atoms with Crippen molar-refractivity contribution < 1.29 is 55.7 Å². The van der Waals surface area contributed by atoms with E-state index in [-0.39, 0.29) is 24.2 Å². The lowest BCUT2D eigenvalue weighted by Gasteiger charge is -2.27. The van der Waals surface area contributed by atoms with Crippen molar-refractivity contribution in [3.8, 4) is 28.0 Å². The number of carboxylic acids is 1. The maximum Gasteiger partial charge on any atom is 0.573 e. The predicted molar refractivity (Wildman–Crippen MR) is 150 cm³/mol. The molecule has 0 bridgehead atoms. The molecule has 0 aliphatic carbocycles. The Kier molecular flexibility index (Phi) is 11.1. The maximum atomic E-state index is 13.2. The Labute approximate surface area is 253 Å². The van der Waals surface area contributed by atoms with E-state index in [0.29, 0.717) is 41.8 Å². The summed E-state index contributed by atoms with van der Waals surface area (Å²) in [5, 5.41) is 21.2. The van der Waals surface area contributed by atoms with Crippen molar-refractivity contribution in [2.45, 2.75) is 38.0 Å². The number of alkyl halides is 6.